The summed E-state index contributed by atoms with van der Waals surface area (Å²) < 4.78 is 14.1. The number of carbonyl (C=O) groups excluding carboxylic acids is 2. The van der Waals surface area contributed by atoms with Crippen molar-refractivity contribution in [3.05, 3.63) is 35.1 Å². The van der Waals surface area contributed by atoms with Crippen molar-refractivity contribution in [1.29, 1.82) is 0 Å². The van der Waals surface area contributed by atoms with Gasteiger partial charge in [0.15, 0.2) is 0 Å². The molecule has 0 bridgehead atoms. The van der Waals surface area contributed by atoms with Crippen LogP contribution in [0.1, 0.15) is 61.4 Å². The molecule has 6 heteroatoms. The second kappa shape index (κ2) is 12.4. The number of carbonyl (C=O) groups is 2. The lowest BCUT2D eigenvalue weighted by atomic mass is 10.1. The van der Waals surface area contributed by atoms with Crippen LogP contribution in [0.15, 0.2) is 18.2 Å². The number of nitrogens with one attached hydrogen (secondary N) is 3. The number of halogens is 1. The van der Waals surface area contributed by atoms with Gasteiger partial charge in [-0.1, -0.05) is 25.8 Å². The minimum Gasteiger partial charge on any atom is -0.352 e. The average Bonchev–Trinajstić information content (AvgIpc) is 2.60. The Hall–Kier alpha value is -1.95. The molecule has 0 fully saturated rings. The van der Waals surface area contributed by atoms with Crippen LogP contribution in [0.25, 0.3) is 0 Å². The van der Waals surface area contributed by atoms with Gasteiger partial charge in [0, 0.05) is 30.6 Å². The van der Waals surface area contributed by atoms with E-state index in [4.69, 9.17) is 0 Å². The molecule has 0 radical (unpaired) electrons. The average molecular weight is 351 g/mol. The number of benzene rings is 1. The Kier molecular flexibility index (Phi) is 10.5. The molecule has 0 spiro atoms. The third-order valence-corrected chi connectivity index (χ3v) is 3.94. The summed E-state index contributed by atoms with van der Waals surface area (Å²) >= 11 is 0. The van der Waals surface area contributed by atoms with Gasteiger partial charge in [-0.15, -0.1) is 0 Å². The Morgan fingerprint density at radius 1 is 1.04 bits per heavy atom. The van der Waals surface area contributed by atoms with Gasteiger partial charge in [0.25, 0.3) is 5.91 Å². The van der Waals surface area contributed by atoms with Crippen LogP contribution in [0.2, 0.25) is 0 Å². The van der Waals surface area contributed by atoms with Crippen molar-refractivity contribution in [3.8, 4) is 0 Å². The molecule has 0 aliphatic heterocycles. The third kappa shape index (κ3) is 8.63. The maximum absolute atomic E-state index is 14.1. The molecule has 3 N–H and O–H groups in total. The van der Waals surface area contributed by atoms with Crippen LogP contribution >= 0.6 is 0 Å². The SMILES string of the molecule is CCCCNC(=O)c1ccc(CNC(=O)CCCCCNC)c(F)c1. The molecule has 5 nitrogen and oxygen atoms in total. The fraction of sp³-hybridized carbons (Fsp3) is 0.579. The quantitative estimate of drug-likeness (QED) is 0.507. The molecule has 0 aliphatic carbocycles. The van der Waals surface area contributed by atoms with Crippen LogP contribution in [0.3, 0.4) is 0 Å². The van der Waals surface area contributed by atoms with Crippen LogP contribution in [0.5, 0.6) is 0 Å². The van der Waals surface area contributed by atoms with Gasteiger partial charge in [-0.05, 0) is 45.0 Å². The number of hydrogen-bond donors (Lipinski definition) is 3. The molecule has 2 amide bonds. The zero-order valence-electron chi connectivity index (χ0n) is 15.3. The molecule has 0 saturated carbocycles. The molecular weight excluding hydrogens is 321 g/mol. The Morgan fingerprint density at radius 2 is 1.84 bits per heavy atom. The second-order valence-electron chi connectivity index (χ2n) is 6.11. The lowest BCUT2D eigenvalue weighted by molar-refractivity contribution is -0.121. The summed E-state index contributed by atoms with van der Waals surface area (Å²) in [7, 11) is 1.90. The van der Waals surface area contributed by atoms with Crippen LogP contribution in [-0.2, 0) is 11.3 Å². The van der Waals surface area contributed by atoms with Gasteiger partial charge in [0.1, 0.15) is 5.82 Å². The minimum absolute atomic E-state index is 0.0785. The van der Waals surface area contributed by atoms with E-state index < -0.39 is 5.82 Å². The summed E-state index contributed by atoms with van der Waals surface area (Å²) in [6, 6.07) is 4.36. The first-order valence-electron chi connectivity index (χ1n) is 9.06. The molecule has 0 aromatic heterocycles. The van der Waals surface area contributed by atoms with E-state index in [1.807, 2.05) is 14.0 Å². The highest BCUT2D eigenvalue weighted by Crippen LogP contribution is 2.11. The van der Waals surface area contributed by atoms with Gasteiger partial charge in [-0.3, -0.25) is 9.59 Å². The summed E-state index contributed by atoms with van der Waals surface area (Å²) in [6.45, 7) is 3.71. The van der Waals surface area contributed by atoms with Gasteiger partial charge < -0.3 is 16.0 Å². The van der Waals surface area contributed by atoms with Crippen LogP contribution in [0, 0.1) is 5.82 Å². The fourth-order valence-electron chi connectivity index (χ4n) is 2.36. The molecule has 0 heterocycles. The molecule has 0 aliphatic rings. The van der Waals surface area contributed by atoms with Crippen molar-refractivity contribution >= 4 is 11.8 Å². The van der Waals surface area contributed by atoms with Crippen molar-refractivity contribution in [2.24, 2.45) is 0 Å². The van der Waals surface area contributed by atoms with Crippen molar-refractivity contribution in [2.45, 2.75) is 52.0 Å². The van der Waals surface area contributed by atoms with Crippen LogP contribution in [0.4, 0.5) is 4.39 Å². The monoisotopic (exact) mass is 351 g/mol. The number of unbranched alkanes of at least 4 members (excludes halogenated alkanes) is 3. The predicted molar refractivity (Wildman–Crippen MR) is 97.9 cm³/mol. The first-order valence-corrected chi connectivity index (χ1v) is 9.06. The van der Waals surface area contributed by atoms with Gasteiger partial charge >= 0.3 is 0 Å². The number of amides is 2. The summed E-state index contributed by atoms with van der Waals surface area (Å²) in [4.78, 5) is 23.7. The van der Waals surface area contributed by atoms with E-state index in [1.165, 1.54) is 6.07 Å². The Bertz CT molecular complexity index is 549. The topological polar surface area (TPSA) is 70.2 Å². The van der Waals surface area contributed by atoms with Crippen molar-refractivity contribution < 1.29 is 14.0 Å². The van der Waals surface area contributed by atoms with Crippen molar-refractivity contribution in [1.82, 2.24) is 16.0 Å². The van der Waals surface area contributed by atoms with E-state index in [1.54, 1.807) is 12.1 Å². The Balaban J connectivity index is 2.39. The molecule has 140 valence electrons. The van der Waals surface area contributed by atoms with Crippen molar-refractivity contribution in [2.75, 3.05) is 20.1 Å². The molecule has 1 aromatic rings. The molecule has 0 saturated heterocycles. The summed E-state index contributed by atoms with van der Waals surface area (Å²) in [5, 5.41) is 8.55. The van der Waals surface area contributed by atoms with Crippen LogP contribution < -0.4 is 16.0 Å². The van der Waals surface area contributed by atoms with E-state index in [0.29, 0.717) is 24.1 Å². The molecule has 0 atom stereocenters. The molecule has 0 unspecified atom stereocenters. The molecular formula is C19H30FN3O2. The molecule has 1 aromatic carbocycles. The van der Waals surface area contributed by atoms with Crippen molar-refractivity contribution in [3.63, 3.8) is 0 Å². The summed E-state index contributed by atoms with van der Waals surface area (Å²) in [5.41, 5.74) is 0.682. The van der Waals surface area contributed by atoms with E-state index in [0.717, 1.165) is 38.6 Å². The van der Waals surface area contributed by atoms with Crippen LogP contribution in [-0.4, -0.2) is 32.0 Å². The highest BCUT2D eigenvalue weighted by atomic mass is 19.1. The summed E-state index contributed by atoms with van der Waals surface area (Å²) in [5.74, 6) is -0.827. The normalized spacial score (nSPS) is 10.5. The lowest BCUT2D eigenvalue weighted by Crippen LogP contribution is -2.25. The molecule has 1 rings (SSSR count). The zero-order valence-corrected chi connectivity index (χ0v) is 15.3. The standard InChI is InChI=1S/C19H30FN3O2/c1-3-4-12-22-19(25)15-9-10-16(17(20)13-15)14-23-18(24)8-6-5-7-11-21-2/h9-10,13,21H,3-8,11-12,14H2,1-2H3,(H,22,25)(H,23,24). The zero-order chi connectivity index (χ0) is 18.5. The highest BCUT2D eigenvalue weighted by molar-refractivity contribution is 5.94. The number of rotatable bonds is 12. The lowest BCUT2D eigenvalue weighted by Gasteiger charge is -2.09. The van der Waals surface area contributed by atoms with E-state index >= 15 is 0 Å². The minimum atomic E-state index is -0.475. The smallest absolute Gasteiger partial charge is 0.251 e. The van der Waals surface area contributed by atoms with Gasteiger partial charge in [0.2, 0.25) is 5.91 Å². The third-order valence-electron chi connectivity index (χ3n) is 3.94. The predicted octanol–water partition coefficient (Wildman–Crippen LogP) is 2.75. The maximum atomic E-state index is 14.1. The van der Waals surface area contributed by atoms with Gasteiger partial charge in [-0.2, -0.15) is 0 Å². The highest BCUT2D eigenvalue weighted by Gasteiger charge is 2.10. The van der Waals surface area contributed by atoms with E-state index in [9.17, 15) is 14.0 Å². The second-order valence-corrected chi connectivity index (χ2v) is 6.11. The number of hydrogen-bond acceptors (Lipinski definition) is 3. The Labute approximate surface area is 149 Å². The first kappa shape index (κ1) is 21.1. The van der Waals surface area contributed by atoms with E-state index in [-0.39, 0.29) is 18.4 Å². The fourth-order valence-corrected chi connectivity index (χ4v) is 2.36. The molecule has 25 heavy (non-hydrogen) atoms. The maximum Gasteiger partial charge on any atom is 0.251 e. The van der Waals surface area contributed by atoms with Gasteiger partial charge in [0.05, 0.1) is 0 Å². The van der Waals surface area contributed by atoms with E-state index in [2.05, 4.69) is 16.0 Å². The van der Waals surface area contributed by atoms with Gasteiger partial charge in [-0.25, -0.2) is 4.39 Å². The summed E-state index contributed by atoms with van der Waals surface area (Å²) in [6.07, 6.45) is 5.19. The largest absolute Gasteiger partial charge is 0.352 e. The Morgan fingerprint density at radius 3 is 2.52 bits per heavy atom. The first-order chi connectivity index (χ1) is 12.1.